The molecule has 0 spiro atoms. The van der Waals surface area contributed by atoms with E-state index in [1.807, 2.05) is 0 Å². The standard InChI is InChI=1S/C15H25NS/c1-4-14(2)16(15-10-6-5-7-11-15)17(3)12-8-9-13-17/h5-7,10-11,14H,4,8-9,12-13H2,1-3H3. The average molecular weight is 251 g/mol. The smallest absolute Gasteiger partial charge is 0.0456 e. The summed E-state index contributed by atoms with van der Waals surface area (Å²) in [5, 5.41) is 0. The maximum absolute atomic E-state index is 2.75. The second-order valence-corrected chi connectivity index (χ2v) is 8.91. The number of hydrogen-bond acceptors (Lipinski definition) is 1. The van der Waals surface area contributed by atoms with Gasteiger partial charge in [-0.3, -0.25) is 0 Å². The van der Waals surface area contributed by atoms with Crippen molar-refractivity contribution in [1.82, 2.24) is 0 Å². The summed E-state index contributed by atoms with van der Waals surface area (Å²) in [6.07, 6.45) is 6.61. The predicted molar refractivity (Wildman–Crippen MR) is 81.2 cm³/mol. The van der Waals surface area contributed by atoms with Crippen LogP contribution in [0.3, 0.4) is 0 Å². The first-order valence-electron chi connectivity index (χ1n) is 6.75. The number of hydrogen-bond donors (Lipinski definition) is 0. The minimum atomic E-state index is -0.576. The molecule has 17 heavy (non-hydrogen) atoms. The highest BCUT2D eigenvalue weighted by Gasteiger charge is 2.32. The van der Waals surface area contributed by atoms with Gasteiger partial charge in [-0.25, -0.2) is 0 Å². The van der Waals surface area contributed by atoms with Crippen LogP contribution in [0, 0.1) is 0 Å². The SMILES string of the molecule is CCC(C)N(c1ccccc1)S1(C)CCCC1. The zero-order valence-electron chi connectivity index (χ0n) is 11.4. The van der Waals surface area contributed by atoms with Gasteiger partial charge in [0.25, 0.3) is 0 Å². The lowest BCUT2D eigenvalue weighted by atomic mass is 10.2. The van der Waals surface area contributed by atoms with Crippen molar-refractivity contribution in [3.63, 3.8) is 0 Å². The predicted octanol–water partition coefficient (Wildman–Crippen LogP) is 4.43. The van der Waals surface area contributed by atoms with E-state index in [4.69, 9.17) is 0 Å². The van der Waals surface area contributed by atoms with E-state index in [1.54, 1.807) is 0 Å². The lowest BCUT2D eigenvalue weighted by Crippen LogP contribution is -2.36. The average Bonchev–Trinajstić information content (AvgIpc) is 2.78. The molecule has 1 nitrogen and oxygen atoms in total. The first-order valence-corrected chi connectivity index (χ1v) is 9.09. The molecule has 2 heteroatoms. The summed E-state index contributed by atoms with van der Waals surface area (Å²) in [4.78, 5) is 0. The van der Waals surface area contributed by atoms with Gasteiger partial charge in [0, 0.05) is 11.7 Å². The molecular formula is C15H25NS. The monoisotopic (exact) mass is 251 g/mol. The van der Waals surface area contributed by atoms with Gasteiger partial charge in [-0.05, 0) is 56.1 Å². The van der Waals surface area contributed by atoms with Crippen molar-refractivity contribution in [2.75, 3.05) is 22.1 Å². The Kier molecular flexibility index (Phi) is 4.03. The molecule has 1 aliphatic heterocycles. The Hall–Kier alpha value is -0.630. The lowest BCUT2D eigenvalue weighted by molar-refractivity contribution is 0.715. The summed E-state index contributed by atoms with van der Waals surface area (Å²) in [7, 11) is -0.576. The molecule has 1 aromatic carbocycles. The van der Waals surface area contributed by atoms with Crippen LogP contribution in [-0.4, -0.2) is 23.8 Å². The summed E-state index contributed by atoms with van der Waals surface area (Å²) in [5.41, 5.74) is 1.43. The van der Waals surface area contributed by atoms with E-state index in [0.717, 1.165) is 0 Å². The van der Waals surface area contributed by atoms with E-state index in [2.05, 4.69) is 54.7 Å². The van der Waals surface area contributed by atoms with E-state index in [0.29, 0.717) is 6.04 Å². The number of rotatable bonds is 4. The molecule has 0 bridgehead atoms. The normalized spacial score (nSPS) is 22.1. The van der Waals surface area contributed by atoms with Gasteiger partial charge in [0.15, 0.2) is 0 Å². The van der Waals surface area contributed by atoms with Gasteiger partial charge >= 0.3 is 0 Å². The van der Waals surface area contributed by atoms with Gasteiger partial charge in [0.2, 0.25) is 0 Å². The zero-order chi connectivity index (χ0) is 12.3. The molecule has 96 valence electrons. The van der Waals surface area contributed by atoms with Crippen molar-refractivity contribution in [3.05, 3.63) is 30.3 Å². The van der Waals surface area contributed by atoms with Gasteiger partial charge in [0.1, 0.15) is 0 Å². The van der Waals surface area contributed by atoms with Gasteiger partial charge in [-0.2, -0.15) is 10.2 Å². The van der Waals surface area contributed by atoms with Crippen LogP contribution in [0.5, 0.6) is 0 Å². The summed E-state index contributed by atoms with van der Waals surface area (Å²) >= 11 is 0. The van der Waals surface area contributed by atoms with Crippen molar-refractivity contribution in [1.29, 1.82) is 0 Å². The zero-order valence-corrected chi connectivity index (χ0v) is 12.2. The molecule has 1 heterocycles. The number of anilines is 1. The van der Waals surface area contributed by atoms with Crippen molar-refractivity contribution >= 4 is 15.9 Å². The summed E-state index contributed by atoms with van der Waals surface area (Å²) in [5.74, 6) is 2.85. The Labute approximate surface area is 108 Å². The Morgan fingerprint density at radius 3 is 2.29 bits per heavy atom. The van der Waals surface area contributed by atoms with Crippen molar-refractivity contribution < 1.29 is 0 Å². The molecule has 1 unspecified atom stereocenters. The highest BCUT2D eigenvalue weighted by molar-refractivity contribution is 8.34. The fourth-order valence-electron chi connectivity index (χ4n) is 2.81. The van der Waals surface area contributed by atoms with Crippen LogP contribution in [0.1, 0.15) is 33.1 Å². The van der Waals surface area contributed by atoms with E-state index < -0.39 is 10.2 Å². The van der Waals surface area contributed by atoms with Gasteiger partial charge in [-0.15, -0.1) is 0 Å². The third-order valence-electron chi connectivity index (χ3n) is 3.89. The van der Waals surface area contributed by atoms with Crippen LogP contribution in [0.4, 0.5) is 5.69 Å². The maximum Gasteiger partial charge on any atom is 0.0456 e. The highest BCUT2D eigenvalue weighted by atomic mass is 32.3. The molecule has 0 N–H and O–H groups in total. The molecular weight excluding hydrogens is 226 g/mol. The second kappa shape index (κ2) is 5.34. The number of para-hydroxylation sites is 1. The van der Waals surface area contributed by atoms with Crippen LogP contribution < -0.4 is 4.31 Å². The largest absolute Gasteiger partial charge is 0.332 e. The molecule has 1 aliphatic rings. The fourth-order valence-corrected chi connectivity index (χ4v) is 6.71. The quantitative estimate of drug-likeness (QED) is 0.765. The molecule has 0 aromatic heterocycles. The third kappa shape index (κ3) is 2.62. The second-order valence-electron chi connectivity index (χ2n) is 5.26. The Morgan fingerprint density at radius 2 is 1.76 bits per heavy atom. The molecule has 0 radical (unpaired) electrons. The first kappa shape index (κ1) is 12.8. The minimum Gasteiger partial charge on any atom is -0.332 e. The summed E-state index contributed by atoms with van der Waals surface area (Å²) in [6, 6.07) is 11.7. The van der Waals surface area contributed by atoms with E-state index in [-0.39, 0.29) is 0 Å². The van der Waals surface area contributed by atoms with E-state index >= 15 is 0 Å². The molecule has 0 aliphatic carbocycles. The Morgan fingerprint density at radius 1 is 1.18 bits per heavy atom. The molecule has 1 saturated heterocycles. The van der Waals surface area contributed by atoms with Crippen LogP contribution in [0.2, 0.25) is 0 Å². The molecule has 2 rings (SSSR count). The molecule has 0 amide bonds. The lowest BCUT2D eigenvalue weighted by Gasteiger charge is -2.48. The molecule has 1 atom stereocenters. The van der Waals surface area contributed by atoms with Gasteiger partial charge < -0.3 is 4.31 Å². The number of nitrogens with zero attached hydrogens (tertiary/aromatic N) is 1. The molecule has 1 aromatic rings. The molecule has 0 saturated carbocycles. The highest BCUT2D eigenvalue weighted by Crippen LogP contribution is 2.56. The van der Waals surface area contributed by atoms with Crippen molar-refractivity contribution in [2.24, 2.45) is 0 Å². The molecule has 1 fully saturated rings. The van der Waals surface area contributed by atoms with Gasteiger partial charge in [-0.1, -0.05) is 25.1 Å². The number of benzene rings is 1. The van der Waals surface area contributed by atoms with Crippen LogP contribution >= 0.6 is 10.2 Å². The van der Waals surface area contributed by atoms with Crippen molar-refractivity contribution in [2.45, 2.75) is 39.2 Å². The van der Waals surface area contributed by atoms with E-state index in [9.17, 15) is 0 Å². The van der Waals surface area contributed by atoms with E-state index in [1.165, 1.54) is 36.5 Å². The minimum absolute atomic E-state index is 0.576. The topological polar surface area (TPSA) is 3.24 Å². The third-order valence-corrected chi connectivity index (χ3v) is 7.75. The summed E-state index contributed by atoms with van der Waals surface area (Å²) < 4.78 is 2.75. The fraction of sp³-hybridized carbons (Fsp3) is 0.600. The van der Waals surface area contributed by atoms with Crippen LogP contribution in [0.15, 0.2) is 30.3 Å². The first-order chi connectivity index (χ1) is 8.17. The summed E-state index contributed by atoms with van der Waals surface area (Å²) in [6.45, 7) is 4.68. The van der Waals surface area contributed by atoms with Crippen LogP contribution in [-0.2, 0) is 0 Å². The Balaban J connectivity index is 2.31. The maximum atomic E-state index is 2.75. The van der Waals surface area contributed by atoms with Crippen LogP contribution in [0.25, 0.3) is 0 Å². The van der Waals surface area contributed by atoms with Gasteiger partial charge in [0.05, 0.1) is 0 Å². The Bertz CT molecular complexity index is 343. The van der Waals surface area contributed by atoms with Crippen molar-refractivity contribution in [3.8, 4) is 0 Å².